The molecule has 0 atom stereocenters. The van der Waals surface area contributed by atoms with Crippen LogP contribution >= 0.6 is 11.8 Å². The highest BCUT2D eigenvalue weighted by molar-refractivity contribution is 7.99. The van der Waals surface area contributed by atoms with Crippen molar-refractivity contribution in [3.8, 4) is 11.4 Å². The quantitative estimate of drug-likeness (QED) is 0.501. The van der Waals surface area contributed by atoms with Crippen LogP contribution in [0.15, 0.2) is 53.7 Å². The van der Waals surface area contributed by atoms with Crippen molar-refractivity contribution in [1.29, 1.82) is 0 Å². The molecule has 28 heavy (non-hydrogen) atoms. The molecule has 0 unspecified atom stereocenters. The van der Waals surface area contributed by atoms with E-state index in [1.165, 1.54) is 18.2 Å². The highest BCUT2D eigenvalue weighted by Crippen LogP contribution is 2.31. The molecule has 3 rings (SSSR count). The molecule has 10 heteroatoms. The van der Waals surface area contributed by atoms with Gasteiger partial charge in [-0.2, -0.15) is 13.2 Å². The third kappa shape index (κ3) is 4.50. The molecule has 1 amide bonds. The van der Waals surface area contributed by atoms with Gasteiger partial charge in [0, 0.05) is 12.7 Å². The van der Waals surface area contributed by atoms with Gasteiger partial charge < -0.3 is 9.88 Å². The summed E-state index contributed by atoms with van der Waals surface area (Å²) < 4.78 is 53.6. The number of carbonyl (C=O) groups is 1. The van der Waals surface area contributed by atoms with E-state index in [0.717, 1.165) is 23.9 Å². The number of carbonyl (C=O) groups excluding carboxylic acids is 1. The summed E-state index contributed by atoms with van der Waals surface area (Å²) in [5.41, 5.74) is -0.524. The minimum Gasteiger partial charge on any atom is -0.325 e. The van der Waals surface area contributed by atoms with E-state index in [-0.39, 0.29) is 17.0 Å². The number of anilines is 1. The normalized spacial score (nSPS) is 11.5. The van der Waals surface area contributed by atoms with Crippen LogP contribution < -0.4 is 5.32 Å². The van der Waals surface area contributed by atoms with Gasteiger partial charge in [-0.3, -0.25) is 4.79 Å². The SMILES string of the molecule is Cn1c(SCC(=O)Nc2cccc(C(F)(F)F)c2)nnc1-c1ccccc1F. The Kier molecular flexibility index (Phi) is 5.68. The first-order chi connectivity index (χ1) is 13.3. The third-order valence-electron chi connectivity index (χ3n) is 3.76. The highest BCUT2D eigenvalue weighted by atomic mass is 32.2. The lowest BCUT2D eigenvalue weighted by Gasteiger charge is -2.09. The first-order valence-corrected chi connectivity index (χ1v) is 8.98. The minimum absolute atomic E-state index is 0.0467. The summed E-state index contributed by atoms with van der Waals surface area (Å²) in [6.07, 6.45) is -4.49. The first-order valence-electron chi connectivity index (χ1n) is 8.00. The number of alkyl halides is 3. The molecule has 0 bridgehead atoms. The summed E-state index contributed by atoms with van der Waals surface area (Å²) in [7, 11) is 1.63. The molecule has 0 saturated carbocycles. The maximum Gasteiger partial charge on any atom is 0.416 e. The second-order valence-electron chi connectivity index (χ2n) is 5.76. The van der Waals surface area contributed by atoms with E-state index in [1.54, 1.807) is 29.8 Å². The number of nitrogens with one attached hydrogen (secondary N) is 1. The Morgan fingerprint density at radius 3 is 2.61 bits per heavy atom. The molecule has 0 spiro atoms. The summed E-state index contributed by atoms with van der Waals surface area (Å²) in [5.74, 6) is -0.741. The van der Waals surface area contributed by atoms with Gasteiger partial charge in [-0.1, -0.05) is 30.0 Å². The van der Waals surface area contributed by atoms with Crippen molar-refractivity contribution in [3.05, 3.63) is 59.9 Å². The Labute approximate surface area is 161 Å². The molecule has 2 aromatic carbocycles. The molecule has 0 aliphatic rings. The second kappa shape index (κ2) is 8.01. The van der Waals surface area contributed by atoms with Gasteiger partial charge in [-0.15, -0.1) is 10.2 Å². The average Bonchev–Trinajstić information content (AvgIpc) is 3.00. The van der Waals surface area contributed by atoms with Gasteiger partial charge in [0.2, 0.25) is 5.91 Å². The highest BCUT2D eigenvalue weighted by Gasteiger charge is 2.30. The minimum atomic E-state index is -4.49. The standard InChI is InChI=1S/C18H14F4N4OS/c1-26-16(13-7-2-3-8-14(13)19)24-25-17(26)28-10-15(27)23-12-6-4-5-11(9-12)18(20,21)22/h2-9H,10H2,1H3,(H,23,27). The Morgan fingerprint density at radius 1 is 1.14 bits per heavy atom. The van der Waals surface area contributed by atoms with Crippen molar-refractivity contribution < 1.29 is 22.4 Å². The molecule has 0 aliphatic heterocycles. The van der Waals surface area contributed by atoms with E-state index in [4.69, 9.17) is 0 Å². The van der Waals surface area contributed by atoms with Crippen LogP contribution in [0.2, 0.25) is 0 Å². The van der Waals surface area contributed by atoms with Gasteiger partial charge in [0.25, 0.3) is 0 Å². The van der Waals surface area contributed by atoms with Crippen molar-refractivity contribution in [2.45, 2.75) is 11.3 Å². The monoisotopic (exact) mass is 410 g/mol. The number of thioether (sulfide) groups is 1. The number of hydrogen-bond acceptors (Lipinski definition) is 4. The summed E-state index contributed by atoms with van der Waals surface area (Å²) in [6, 6.07) is 10.5. The zero-order valence-corrected chi connectivity index (χ0v) is 15.3. The van der Waals surface area contributed by atoms with Crippen LogP contribution in [0.1, 0.15) is 5.56 Å². The second-order valence-corrected chi connectivity index (χ2v) is 6.70. The summed E-state index contributed by atoms with van der Waals surface area (Å²) in [4.78, 5) is 12.1. The number of halogens is 4. The van der Waals surface area contributed by atoms with Gasteiger partial charge in [0.05, 0.1) is 16.9 Å². The van der Waals surface area contributed by atoms with Crippen LogP contribution in [0.5, 0.6) is 0 Å². The summed E-state index contributed by atoms with van der Waals surface area (Å²) >= 11 is 1.04. The number of hydrogen-bond donors (Lipinski definition) is 1. The molecule has 1 heterocycles. The fraction of sp³-hybridized carbons (Fsp3) is 0.167. The van der Waals surface area contributed by atoms with Crippen LogP contribution in [0.25, 0.3) is 11.4 Å². The molecule has 0 aliphatic carbocycles. The van der Waals surface area contributed by atoms with E-state index < -0.39 is 23.5 Å². The van der Waals surface area contributed by atoms with E-state index >= 15 is 0 Å². The zero-order valence-electron chi connectivity index (χ0n) is 14.5. The molecule has 1 aromatic heterocycles. The Bertz CT molecular complexity index is 1000. The lowest BCUT2D eigenvalue weighted by atomic mass is 10.2. The summed E-state index contributed by atoms with van der Waals surface area (Å²) in [5, 5.41) is 10.7. The third-order valence-corrected chi connectivity index (χ3v) is 4.78. The maximum atomic E-state index is 13.9. The number of benzene rings is 2. The molecule has 146 valence electrons. The Morgan fingerprint density at radius 2 is 1.89 bits per heavy atom. The van der Waals surface area contributed by atoms with Crippen molar-refractivity contribution in [2.24, 2.45) is 7.05 Å². The molecule has 0 fully saturated rings. The van der Waals surface area contributed by atoms with Crippen molar-refractivity contribution >= 4 is 23.4 Å². The van der Waals surface area contributed by atoms with Gasteiger partial charge >= 0.3 is 6.18 Å². The van der Waals surface area contributed by atoms with Gasteiger partial charge in [-0.05, 0) is 30.3 Å². The van der Waals surface area contributed by atoms with Crippen molar-refractivity contribution in [1.82, 2.24) is 14.8 Å². The van der Waals surface area contributed by atoms with Gasteiger partial charge in [-0.25, -0.2) is 4.39 Å². The van der Waals surface area contributed by atoms with Crippen LogP contribution in [-0.4, -0.2) is 26.4 Å². The molecule has 0 saturated heterocycles. The zero-order chi connectivity index (χ0) is 20.3. The first kappa shape index (κ1) is 19.9. The maximum absolute atomic E-state index is 13.9. The molecule has 1 N–H and O–H groups in total. The lowest BCUT2D eigenvalue weighted by molar-refractivity contribution is -0.137. The van der Waals surface area contributed by atoms with Crippen molar-refractivity contribution in [2.75, 3.05) is 11.1 Å². The van der Waals surface area contributed by atoms with Gasteiger partial charge in [0.1, 0.15) is 5.82 Å². The Hall–Kier alpha value is -2.88. The predicted molar refractivity (Wildman–Crippen MR) is 97.2 cm³/mol. The van der Waals surface area contributed by atoms with Crippen LogP contribution in [0.4, 0.5) is 23.2 Å². The van der Waals surface area contributed by atoms with Crippen LogP contribution in [0.3, 0.4) is 0 Å². The fourth-order valence-electron chi connectivity index (χ4n) is 2.42. The van der Waals surface area contributed by atoms with E-state index in [2.05, 4.69) is 15.5 Å². The predicted octanol–water partition coefficient (Wildman–Crippen LogP) is 4.37. The molecular formula is C18H14F4N4OS. The molecule has 3 aromatic rings. The molecule has 5 nitrogen and oxygen atoms in total. The van der Waals surface area contributed by atoms with E-state index in [9.17, 15) is 22.4 Å². The number of amides is 1. The van der Waals surface area contributed by atoms with E-state index in [0.29, 0.717) is 11.0 Å². The number of nitrogens with zero attached hydrogens (tertiary/aromatic N) is 3. The average molecular weight is 410 g/mol. The van der Waals surface area contributed by atoms with Crippen molar-refractivity contribution in [3.63, 3.8) is 0 Å². The lowest BCUT2D eigenvalue weighted by Crippen LogP contribution is -2.15. The largest absolute Gasteiger partial charge is 0.416 e. The number of aromatic nitrogens is 3. The fourth-order valence-corrected chi connectivity index (χ4v) is 3.13. The van der Waals surface area contributed by atoms with Gasteiger partial charge in [0.15, 0.2) is 11.0 Å². The molecular weight excluding hydrogens is 396 g/mol. The number of rotatable bonds is 5. The van der Waals surface area contributed by atoms with Crippen LogP contribution in [-0.2, 0) is 18.0 Å². The summed E-state index contributed by atoms with van der Waals surface area (Å²) in [6.45, 7) is 0. The smallest absolute Gasteiger partial charge is 0.325 e. The van der Waals surface area contributed by atoms with E-state index in [1.807, 2.05) is 0 Å². The molecule has 0 radical (unpaired) electrons. The van der Waals surface area contributed by atoms with Crippen LogP contribution in [0, 0.1) is 5.82 Å². The Balaban J connectivity index is 1.65. The topological polar surface area (TPSA) is 59.8 Å².